The fraction of sp³-hybridized carbons (Fsp3) is 0.421. The Labute approximate surface area is 142 Å². The highest BCUT2D eigenvalue weighted by atomic mass is 16.5. The monoisotopic (exact) mass is 325 g/mol. The van der Waals surface area contributed by atoms with Gasteiger partial charge in [-0.2, -0.15) is 4.98 Å². The quantitative estimate of drug-likeness (QED) is 0.853. The van der Waals surface area contributed by atoms with Crippen LogP contribution in [0.3, 0.4) is 0 Å². The summed E-state index contributed by atoms with van der Waals surface area (Å²) in [6.45, 7) is 8.63. The Balaban J connectivity index is 1.60. The van der Waals surface area contributed by atoms with Crippen molar-refractivity contribution in [3.05, 3.63) is 47.9 Å². The second kappa shape index (κ2) is 6.23. The van der Waals surface area contributed by atoms with E-state index in [9.17, 15) is 4.79 Å². The van der Waals surface area contributed by atoms with Crippen molar-refractivity contribution in [2.24, 2.45) is 17.3 Å². The number of aromatic nitrogens is 2. The summed E-state index contributed by atoms with van der Waals surface area (Å²) in [5.74, 6) is 1.30. The van der Waals surface area contributed by atoms with Gasteiger partial charge in [-0.05, 0) is 25.2 Å². The largest absolute Gasteiger partial charge is 0.347 e. The lowest BCUT2D eigenvalue weighted by molar-refractivity contribution is -0.123. The van der Waals surface area contributed by atoms with Crippen LogP contribution in [0.25, 0.3) is 11.4 Å². The first kappa shape index (κ1) is 16.4. The molecular weight excluding hydrogens is 302 g/mol. The van der Waals surface area contributed by atoms with Crippen LogP contribution in [-0.2, 0) is 11.3 Å². The fourth-order valence-electron chi connectivity index (χ4n) is 3.15. The van der Waals surface area contributed by atoms with Crippen LogP contribution in [0.15, 0.2) is 46.5 Å². The fourth-order valence-corrected chi connectivity index (χ4v) is 3.15. The minimum Gasteiger partial charge on any atom is -0.347 e. The van der Waals surface area contributed by atoms with E-state index in [0.717, 1.165) is 5.56 Å². The number of allylic oxidation sites excluding steroid dienone is 2. The number of nitrogens with zero attached hydrogens (tertiary/aromatic N) is 2. The molecule has 2 unspecified atom stereocenters. The Morgan fingerprint density at radius 1 is 1.29 bits per heavy atom. The summed E-state index contributed by atoms with van der Waals surface area (Å²) in [6.07, 6.45) is 2.18. The molecule has 5 nitrogen and oxygen atoms in total. The lowest BCUT2D eigenvalue weighted by Gasteiger charge is -2.03. The van der Waals surface area contributed by atoms with Gasteiger partial charge in [0.05, 0.1) is 12.5 Å². The Kier molecular flexibility index (Phi) is 4.26. The summed E-state index contributed by atoms with van der Waals surface area (Å²) >= 11 is 0. The Bertz CT molecular complexity index is 758. The van der Waals surface area contributed by atoms with E-state index >= 15 is 0 Å². The highest BCUT2D eigenvalue weighted by Gasteiger charge is 2.60. The van der Waals surface area contributed by atoms with Crippen LogP contribution in [0.5, 0.6) is 0 Å². The summed E-state index contributed by atoms with van der Waals surface area (Å²) in [4.78, 5) is 16.8. The van der Waals surface area contributed by atoms with Crippen molar-refractivity contribution in [1.82, 2.24) is 15.5 Å². The molecule has 0 saturated heterocycles. The van der Waals surface area contributed by atoms with E-state index in [1.807, 2.05) is 30.3 Å². The summed E-state index contributed by atoms with van der Waals surface area (Å²) < 4.78 is 5.23. The minimum atomic E-state index is 0.00363. The zero-order valence-electron chi connectivity index (χ0n) is 14.5. The van der Waals surface area contributed by atoms with Crippen molar-refractivity contribution in [2.45, 2.75) is 34.2 Å². The summed E-state index contributed by atoms with van der Waals surface area (Å²) in [7, 11) is 0. The smallest absolute Gasteiger partial charge is 0.246 e. The first-order valence-electron chi connectivity index (χ1n) is 8.20. The van der Waals surface area contributed by atoms with Crippen molar-refractivity contribution in [3.63, 3.8) is 0 Å². The van der Waals surface area contributed by atoms with Crippen molar-refractivity contribution in [2.75, 3.05) is 0 Å². The number of nitrogens with one attached hydrogen (secondary N) is 1. The van der Waals surface area contributed by atoms with Crippen LogP contribution in [0.1, 0.15) is 33.6 Å². The Morgan fingerprint density at radius 2 is 2.00 bits per heavy atom. The maximum Gasteiger partial charge on any atom is 0.246 e. The van der Waals surface area contributed by atoms with E-state index < -0.39 is 0 Å². The molecule has 1 N–H and O–H groups in total. The summed E-state index contributed by atoms with van der Waals surface area (Å²) in [5, 5.41) is 6.88. The highest BCUT2D eigenvalue weighted by Crippen LogP contribution is 2.59. The number of hydrogen-bond acceptors (Lipinski definition) is 4. The van der Waals surface area contributed by atoms with Crippen LogP contribution in [0, 0.1) is 17.3 Å². The molecule has 1 aromatic carbocycles. The van der Waals surface area contributed by atoms with Crippen LogP contribution >= 0.6 is 0 Å². The zero-order valence-corrected chi connectivity index (χ0v) is 14.5. The van der Waals surface area contributed by atoms with Gasteiger partial charge in [0.2, 0.25) is 17.6 Å². The van der Waals surface area contributed by atoms with Crippen LogP contribution in [-0.4, -0.2) is 16.0 Å². The van der Waals surface area contributed by atoms with E-state index in [0.29, 0.717) is 17.6 Å². The van der Waals surface area contributed by atoms with E-state index in [1.165, 1.54) is 5.57 Å². The number of carbonyl (C=O) groups is 1. The predicted molar refractivity (Wildman–Crippen MR) is 91.8 cm³/mol. The molecule has 1 aromatic heterocycles. The number of carbonyl (C=O) groups excluding carboxylic acids is 1. The van der Waals surface area contributed by atoms with Crippen molar-refractivity contribution >= 4 is 5.91 Å². The van der Waals surface area contributed by atoms with Crippen LogP contribution in [0.4, 0.5) is 0 Å². The van der Waals surface area contributed by atoms with Gasteiger partial charge in [0.15, 0.2) is 0 Å². The molecule has 0 bridgehead atoms. The van der Waals surface area contributed by atoms with Gasteiger partial charge in [-0.1, -0.05) is 61.0 Å². The van der Waals surface area contributed by atoms with Crippen LogP contribution < -0.4 is 5.32 Å². The molecule has 1 heterocycles. The van der Waals surface area contributed by atoms with Gasteiger partial charge in [-0.15, -0.1) is 0 Å². The molecule has 126 valence electrons. The Hall–Kier alpha value is -2.43. The molecule has 2 aromatic rings. The first-order chi connectivity index (χ1) is 11.4. The molecule has 1 fully saturated rings. The predicted octanol–water partition coefficient (Wildman–Crippen LogP) is 3.59. The average molecular weight is 325 g/mol. The second-order valence-electron chi connectivity index (χ2n) is 7.16. The molecule has 1 aliphatic carbocycles. The summed E-state index contributed by atoms with van der Waals surface area (Å²) in [5.41, 5.74) is 2.14. The van der Waals surface area contributed by atoms with Gasteiger partial charge in [-0.25, -0.2) is 0 Å². The third-order valence-corrected chi connectivity index (χ3v) is 4.62. The summed E-state index contributed by atoms with van der Waals surface area (Å²) in [6, 6.07) is 9.62. The average Bonchev–Trinajstić information content (AvgIpc) is 2.90. The van der Waals surface area contributed by atoms with E-state index in [2.05, 4.69) is 49.2 Å². The van der Waals surface area contributed by atoms with E-state index in [1.54, 1.807) is 0 Å². The van der Waals surface area contributed by atoms with E-state index in [4.69, 9.17) is 4.52 Å². The number of benzene rings is 1. The van der Waals surface area contributed by atoms with Crippen molar-refractivity contribution in [1.29, 1.82) is 0 Å². The number of rotatable bonds is 5. The number of amides is 1. The van der Waals surface area contributed by atoms with Crippen LogP contribution in [0.2, 0.25) is 0 Å². The van der Waals surface area contributed by atoms with Gasteiger partial charge < -0.3 is 9.84 Å². The SMILES string of the molecule is CC(C)=CC1C(C(=O)NCc2nc(-c3ccccc3)no2)C1(C)C. The molecule has 0 radical (unpaired) electrons. The van der Waals surface area contributed by atoms with Gasteiger partial charge in [0.25, 0.3) is 0 Å². The molecular formula is C19H23N3O2. The maximum absolute atomic E-state index is 12.4. The molecule has 0 aliphatic heterocycles. The molecule has 1 amide bonds. The molecule has 3 rings (SSSR count). The molecule has 5 heteroatoms. The lowest BCUT2D eigenvalue weighted by Crippen LogP contribution is -2.26. The van der Waals surface area contributed by atoms with Gasteiger partial charge in [0, 0.05) is 5.56 Å². The first-order valence-corrected chi connectivity index (χ1v) is 8.20. The normalized spacial score (nSPS) is 21.2. The third kappa shape index (κ3) is 3.25. The lowest BCUT2D eigenvalue weighted by atomic mass is 10.1. The van der Waals surface area contributed by atoms with Crippen molar-refractivity contribution < 1.29 is 9.32 Å². The Morgan fingerprint density at radius 3 is 2.67 bits per heavy atom. The topological polar surface area (TPSA) is 68.0 Å². The standard InChI is InChI=1S/C19H23N3O2/c1-12(2)10-14-16(19(14,3)4)18(23)20-11-15-21-17(22-24-15)13-8-6-5-7-9-13/h5-10,14,16H,11H2,1-4H3,(H,20,23). The third-order valence-electron chi connectivity index (χ3n) is 4.62. The van der Waals surface area contributed by atoms with Crippen molar-refractivity contribution in [3.8, 4) is 11.4 Å². The van der Waals surface area contributed by atoms with Gasteiger partial charge >= 0.3 is 0 Å². The molecule has 24 heavy (non-hydrogen) atoms. The van der Waals surface area contributed by atoms with E-state index in [-0.39, 0.29) is 23.8 Å². The highest BCUT2D eigenvalue weighted by molar-refractivity contribution is 5.83. The molecule has 1 aliphatic rings. The second-order valence-corrected chi connectivity index (χ2v) is 7.16. The zero-order chi connectivity index (χ0) is 17.3. The van der Waals surface area contributed by atoms with Gasteiger partial charge in [0.1, 0.15) is 0 Å². The minimum absolute atomic E-state index is 0.00363. The maximum atomic E-state index is 12.4. The molecule has 0 spiro atoms. The van der Waals surface area contributed by atoms with Gasteiger partial charge in [-0.3, -0.25) is 4.79 Å². The molecule has 1 saturated carbocycles. The number of hydrogen-bond donors (Lipinski definition) is 1. The molecule has 2 atom stereocenters.